The van der Waals surface area contributed by atoms with Crippen molar-refractivity contribution in [1.29, 1.82) is 0 Å². The summed E-state index contributed by atoms with van der Waals surface area (Å²) in [5, 5.41) is 2.56. The number of pyridine rings is 1. The Morgan fingerprint density at radius 3 is 3.00 bits per heavy atom. The van der Waals surface area contributed by atoms with Crippen LogP contribution >= 0.6 is 0 Å². The third-order valence-electron chi connectivity index (χ3n) is 4.11. The molecule has 0 saturated heterocycles. The van der Waals surface area contributed by atoms with E-state index >= 15 is 0 Å². The maximum Gasteiger partial charge on any atom is 0.0346 e. The van der Waals surface area contributed by atoms with E-state index in [2.05, 4.69) is 36.2 Å². The molecule has 1 heterocycles. The summed E-state index contributed by atoms with van der Waals surface area (Å²) in [6.07, 6.45) is 7.24. The first-order valence-electron chi connectivity index (χ1n) is 6.28. The van der Waals surface area contributed by atoms with Gasteiger partial charge < -0.3 is 5.73 Å². The summed E-state index contributed by atoms with van der Waals surface area (Å²) in [5.74, 6) is 0. The fourth-order valence-corrected chi connectivity index (χ4v) is 3.18. The van der Waals surface area contributed by atoms with Crippen LogP contribution in [0.1, 0.15) is 31.7 Å². The highest BCUT2D eigenvalue weighted by Gasteiger charge is 2.35. The molecular formula is C15H18N2. The summed E-state index contributed by atoms with van der Waals surface area (Å²) < 4.78 is 0. The van der Waals surface area contributed by atoms with Crippen LogP contribution in [0.4, 0.5) is 0 Å². The van der Waals surface area contributed by atoms with Crippen LogP contribution in [-0.2, 0) is 5.41 Å². The smallest absolute Gasteiger partial charge is 0.0346 e. The Hall–Kier alpha value is -1.41. The van der Waals surface area contributed by atoms with Crippen molar-refractivity contribution in [3.63, 3.8) is 0 Å². The molecule has 1 aliphatic rings. The minimum absolute atomic E-state index is 0.236. The second kappa shape index (κ2) is 3.81. The molecular weight excluding hydrogens is 208 g/mol. The second-order valence-corrected chi connectivity index (χ2v) is 5.47. The largest absolute Gasteiger partial charge is 0.328 e. The molecule has 2 nitrogen and oxygen atoms in total. The Kier molecular flexibility index (Phi) is 2.40. The first kappa shape index (κ1) is 10.7. The first-order valence-corrected chi connectivity index (χ1v) is 6.28. The number of hydrogen-bond donors (Lipinski definition) is 1. The zero-order valence-electron chi connectivity index (χ0n) is 10.2. The van der Waals surface area contributed by atoms with Crippen LogP contribution in [0.5, 0.6) is 0 Å². The first-order chi connectivity index (χ1) is 8.19. The number of hydrogen-bond acceptors (Lipinski definition) is 2. The van der Waals surface area contributed by atoms with E-state index in [-0.39, 0.29) is 5.41 Å². The molecule has 2 atom stereocenters. The van der Waals surface area contributed by atoms with Crippen LogP contribution in [-0.4, -0.2) is 11.0 Å². The molecule has 1 fully saturated rings. The number of nitrogens with two attached hydrogens (primary N) is 1. The van der Waals surface area contributed by atoms with Crippen LogP contribution in [0.25, 0.3) is 10.8 Å². The molecule has 88 valence electrons. The lowest BCUT2D eigenvalue weighted by Gasteiger charge is -2.26. The summed E-state index contributed by atoms with van der Waals surface area (Å²) in [6, 6.07) is 9.00. The quantitative estimate of drug-likeness (QED) is 0.811. The Morgan fingerprint density at radius 2 is 2.24 bits per heavy atom. The van der Waals surface area contributed by atoms with Crippen LogP contribution < -0.4 is 5.73 Å². The average Bonchev–Trinajstić information content (AvgIpc) is 2.70. The predicted molar refractivity (Wildman–Crippen MR) is 70.9 cm³/mol. The Morgan fingerprint density at radius 1 is 1.35 bits per heavy atom. The second-order valence-electron chi connectivity index (χ2n) is 5.47. The highest BCUT2D eigenvalue weighted by molar-refractivity contribution is 5.85. The van der Waals surface area contributed by atoms with Crippen molar-refractivity contribution in [3.8, 4) is 0 Å². The van der Waals surface area contributed by atoms with Crippen LogP contribution in [0, 0.1) is 0 Å². The monoisotopic (exact) mass is 226 g/mol. The molecule has 1 saturated carbocycles. The van der Waals surface area contributed by atoms with Gasteiger partial charge in [0, 0.05) is 23.8 Å². The van der Waals surface area contributed by atoms with E-state index in [0.717, 1.165) is 12.8 Å². The van der Waals surface area contributed by atoms with E-state index in [0.29, 0.717) is 6.04 Å². The summed E-state index contributed by atoms with van der Waals surface area (Å²) in [7, 11) is 0. The molecule has 0 spiro atoms. The number of fused-ring (bicyclic) bond motifs is 1. The third-order valence-corrected chi connectivity index (χ3v) is 4.11. The van der Waals surface area contributed by atoms with Crippen molar-refractivity contribution < 1.29 is 0 Å². The lowest BCUT2D eigenvalue weighted by atomic mass is 9.78. The molecule has 0 radical (unpaired) electrons. The van der Waals surface area contributed by atoms with Gasteiger partial charge in [0.25, 0.3) is 0 Å². The topological polar surface area (TPSA) is 38.9 Å². The van der Waals surface area contributed by atoms with Crippen molar-refractivity contribution in [3.05, 3.63) is 42.2 Å². The maximum absolute atomic E-state index is 6.08. The van der Waals surface area contributed by atoms with Crippen molar-refractivity contribution in [1.82, 2.24) is 4.98 Å². The van der Waals surface area contributed by atoms with Gasteiger partial charge in [-0.3, -0.25) is 4.98 Å². The number of rotatable bonds is 1. The highest BCUT2D eigenvalue weighted by atomic mass is 14.7. The van der Waals surface area contributed by atoms with E-state index in [9.17, 15) is 0 Å². The molecule has 0 aliphatic heterocycles. The third kappa shape index (κ3) is 1.73. The fourth-order valence-electron chi connectivity index (χ4n) is 3.18. The molecule has 2 heteroatoms. The van der Waals surface area contributed by atoms with E-state index in [1.165, 1.54) is 22.8 Å². The van der Waals surface area contributed by atoms with Crippen molar-refractivity contribution in [2.45, 2.75) is 37.6 Å². The summed E-state index contributed by atoms with van der Waals surface area (Å²) in [4.78, 5) is 4.19. The van der Waals surface area contributed by atoms with Gasteiger partial charge in [0.15, 0.2) is 0 Å². The normalized spacial score (nSPS) is 28.7. The molecule has 2 unspecified atom stereocenters. The van der Waals surface area contributed by atoms with Crippen LogP contribution in [0.3, 0.4) is 0 Å². The molecule has 0 amide bonds. The van der Waals surface area contributed by atoms with Gasteiger partial charge in [0.2, 0.25) is 0 Å². The van der Waals surface area contributed by atoms with E-state index < -0.39 is 0 Å². The summed E-state index contributed by atoms with van der Waals surface area (Å²) in [5.41, 5.74) is 7.75. The fraction of sp³-hybridized carbons (Fsp3) is 0.400. The SMILES string of the molecule is CC1(c2cccc3cnccc23)CCC(N)C1. The lowest BCUT2D eigenvalue weighted by Crippen LogP contribution is -2.22. The summed E-state index contributed by atoms with van der Waals surface area (Å²) in [6.45, 7) is 2.34. The average molecular weight is 226 g/mol. The maximum atomic E-state index is 6.08. The van der Waals surface area contributed by atoms with Gasteiger partial charge in [0.05, 0.1) is 0 Å². The van der Waals surface area contributed by atoms with Crippen molar-refractivity contribution >= 4 is 10.8 Å². The molecule has 2 aromatic rings. The van der Waals surface area contributed by atoms with Crippen molar-refractivity contribution in [2.75, 3.05) is 0 Å². The molecule has 3 rings (SSSR count). The Bertz CT molecular complexity index is 544. The number of benzene rings is 1. The highest BCUT2D eigenvalue weighted by Crippen LogP contribution is 2.42. The van der Waals surface area contributed by atoms with Gasteiger partial charge >= 0.3 is 0 Å². The Labute approximate surface area is 102 Å². The van der Waals surface area contributed by atoms with Gasteiger partial charge in [-0.1, -0.05) is 25.1 Å². The van der Waals surface area contributed by atoms with Gasteiger partial charge in [-0.05, 0) is 41.7 Å². The molecule has 1 aromatic heterocycles. The number of aromatic nitrogens is 1. The van der Waals surface area contributed by atoms with Crippen LogP contribution in [0.15, 0.2) is 36.7 Å². The minimum atomic E-state index is 0.236. The van der Waals surface area contributed by atoms with E-state index in [1.807, 2.05) is 12.4 Å². The van der Waals surface area contributed by atoms with E-state index in [4.69, 9.17) is 5.73 Å². The van der Waals surface area contributed by atoms with Crippen LogP contribution in [0.2, 0.25) is 0 Å². The van der Waals surface area contributed by atoms with Gasteiger partial charge in [-0.15, -0.1) is 0 Å². The molecule has 1 aliphatic carbocycles. The molecule has 0 bridgehead atoms. The van der Waals surface area contributed by atoms with Crippen molar-refractivity contribution in [2.24, 2.45) is 5.73 Å². The predicted octanol–water partition coefficient (Wildman–Crippen LogP) is 3.00. The zero-order chi connectivity index (χ0) is 11.9. The Balaban J connectivity index is 2.17. The van der Waals surface area contributed by atoms with Gasteiger partial charge in [0.1, 0.15) is 0 Å². The van der Waals surface area contributed by atoms with Gasteiger partial charge in [-0.25, -0.2) is 0 Å². The van der Waals surface area contributed by atoms with E-state index in [1.54, 1.807) is 0 Å². The lowest BCUT2D eigenvalue weighted by molar-refractivity contribution is 0.486. The molecule has 17 heavy (non-hydrogen) atoms. The zero-order valence-corrected chi connectivity index (χ0v) is 10.2. The number of nitrogens with zero attached hydrogens (tertiary/aromatic N) is 1. The minimum Gasteiger partial charge on any atom is -0.328 e. The van der Waals surface area contributed by atoms with Gasteiger partial charge in [-0.2, -0.15) is 0 Å². The standard InChI is InChI=1S/C15H18N2/c1-15(7-5-12(16)9-15)14-4-2-3-11-10-17-8-6-13(11)14/h2-4,6,8,10,12H,5,7,9,16H2,1H3. The summed E-state index contributed by atoms with van der Waals surface area (Å²) >= 11 is 0. The molecule has 1 aromatic carbocycles. The molecule has 2 N–H and O–H groups in total.